The Balaban J connectivity index is 1.21. The van der Waals surface area contributed by atoms with Gasteiger partial charge in [0.2, 0.25) is 0 Å². The quantitative estimate of drug-likeness (QED) is 0.286. The minimum absolute atomic E-state index is 0.0961. The average molecular weight is 712 g/mol. The summed E-state index contributed by atoms with van der Waals surface area (Å²) >= 11 is 0. The maximum absolute atomic E-state index is 16.6. The van der Waals surface area contributed by atoms with E-state index in [0.717, 1.165) is 57.9 Å². The number of hydrogen-bond donors (Lipinski definition) is 1. The topological polar surface area (TPSA) is 126 Å². The van der Waals surface area contributed by atoms with Crippen molar-refractivity contribution in [3.8, 4) is 29.2 Å². The minimum atomic E-state index is -4.85. The molecule has 12 nitrogen and oxygen atoms in total. The van der Waals surface area contributed by atoms with Crippen LogP contribution in [0.15, 0.2) is 12.3 Å². The first kappa shape index (κ1) is 35.1. The number of rotatable bonds is 7. The highest BCUT2D eigenvalue weighted by Gasteiger charge is 2.45. The van der Waals surface area contributed by atoms with E-state index in [9.17, 15) is 18.0 Å². The van der Waals surface area contributed by atoms with Gasteiger partial charge < -0.3 is 25.0 Å². The summed E-state index contributed by atoms with van der Waals surface area (Å²) in [5.41, 5.74) is 2.73. The summed E-state index contributed by atoms with van der Waals surface area (Å²) in [5.74, 6) is 4.43. The van der Waals surface area contributed by atoms with Crippen LogP contribution in [-0.2, 0) is 15.7 Å². The summed E-state index contributed by atoms with van der Waals surface area (Å²) in [6, 6.07) is 0.769. The van der Waals surface area contributed by atoms with E-state index in [1.54, 1.807) is 11.9 Å². The van der Waals surface area contributed by atoms with Gasteiger partial charge in [-0.25, -0.2) is 9.37 Å². The number of likely N-dealkylation sites (tertiary alicyclic amines) is 1. The van der Waals surface area contributed by atoms with E-state index in [4.69, 9.17) is 20.2 Å². The number of likely N-dealkylation sites (N-methyl/N-ethyl adjacent to an activating group) is 1. The van der Waals surface area contributed by atoms with E-state index in [0.29, 0.717) is 45.9 Å². The lowest BCUT2D eigenvalue weighted by atomic mass is 9.95. The number of hydrogen-bond acceptors (Lipinski definition) is 11. The van der Waals surface area contributed by atoms with Gasteiger partial charge in [0.25, 0.3) is 5.91 Å². The molecule has 0 saturated carbocycles. The fourth-order valence-corrected chi connectivity index (χ4v) is 7.89. The van der Waals surface area contributed by atoms with Gasteiger partial charge in [0.15, 0.2) is 5.82 Å². The Hall–Kier alpha value is -4.33. The van der Waals surface area contributed by atoms with Crippen molar-refractivity contribution in [2.45, 2.75) is 56.8 Å². The smallest absolute Gasteiger partial charge is 0.418 e. The Morgan fingerprint density at radius 3 is 2.59 bits per heavy atom. The highest BCUT2D eigenvalue weighted by molar-refractivity contribution is 5.94. The lowest BCUT2D eigenvalue weighted by Crippen LogP contribution is -2.43. The molecule has 7 heterocycles. The summed E-state index contributed by atoms with van der Waals surface area (Å²) in [7, 11) is 1.78. The molecular formula is C35H41F4N9O3. The van der Waals surface area contributed by atoms with Crippen molar-refractivity contribution in [3.63, 3.8) is 0 Å². The van der Waals surface area contributed by atoms with Crippen LogP contribution < -0.4 is 15.4 Å². The first-order valence-corrected chi connectivity index (χ1v) is 17.3. The number of nitrogens with zero attached hydrogens (tertiary/aromatic N) is 8. The van der Waals surface area contributed by atoms with Crippen LogP contribution in [0.1, 0.15) is 43.2 Å². The summed E-state index contributed by atoms with van der Waals surface area (Å²) < 4.78 is 70.9. The lowest BCUT2D eigenvalue weighted by molar-refractivity contribution is -0.137. The number of amides is 1. The molecule has 1 atom stereocenters. The molecule has 1 amide bonds. The van der Waals surface area contributed by atoms with Crippen LogP contribution in [0.5, 0.6) is 6.01 Å². The second-order valence-electron chi connectivity index (χ2n) is 13.8. The van der Waals surface area contributed by atoms with E-state index < -0.39 is 28.9 Å². The first-order chi connectivity index (χ1) is 24.4. The number of alkyl halides is 3. The molecule has 1 unspecified atom stereocenters. The number of nitrogens with two attached hydrogens (primary N) is 1. The standard InChI is InChI=1S/C35H41F4N9O3/c1-22-18-25(40)42-30(27(22)35(37,38)39)31-28(36)29-24(19-41-31)32(44-33(43-29)51-21-34-8-4-11-48(34)12-5-9-34)45(2)23-7-13-47(20-23)26(49)6-3-10-46-14-16-50-17-15-46/h18-19,23H,4-5,7-17,20-21H2,1-2H3,(H2,40,42). The molecule has 0 spiro atoms. The van der Waals surface area contributed by atoms with Gasteiger partial charge in [0, 0.05) is 45.5 Å². The molecule has 4 saturated heterocycles. The number of fused-ring (bicyclic) bond motifs is 2. The molecule has 4 fully saturated rings. The number of halogens is 4. The van der Waals surface area contributed by atoms with E-state index in [1.807, 2.05) is 4.90 Å². The van der Waals surface area contributed by atoms with Gasteiger partial charge in [-0.3, -0.25) is 19.6 Å². The minimum Gasteiger partial charge on any atom is -0.461 e. The predicted molar refractivity (Wildman–Crippen MR) is 181 cm³/mol. The predicted octanol–water partition coefficient (Wildman–Crippen LogP) is 3.52. The number of aryl methyl sites for hydroxylation is 1. The Labute approximate surface area is 293 Å². The molecule has 0 bridgehead atoms. The largest absolute Gasteiger partial charge is 0.461 e. The maximum Gasteiger partial charge on any atom is 0.418 e. The zero-order valence-corrected chi connectivity index (χ0v) is 28.7. The van der Waals surface area contributed by atoms with Crippen LogP contribution in [0.2, 0.25) is 0 Å². The van der Waals surface area contributed by atoms with Gasteiger partial charge in [0.1, 0.15) is 35.1 Å². The van der Waals surface area contributed by atoms with Crippen molar-refractivity contribution in [3.05, 3.63) is 29.2 Å². The van der Waals surface area contributed by atoms with E-state index >= 15 is 4.39 Å². The molecule has 0 aliphatic carbocycles. The second kappa shape index (κ2) is 14.0. The van der Waals surface area contributed by atoms with Gasteiger partial charge in [-0.1, -0.05) is 5.92 Å². The van der Waals surface area contributed by atoms with Crippen molar-refractivity contribution in [1.82, 2.24) is 34.6 Å². The number of morpholine rings is 1. The van der Waals surface area contributed by atoms with Crippen LogP contribution in [0.3, 0.4) is 0 Å². The van der Waals surface area contributed by atoms with E-state index in [-0.39, 0.29) is 51.6 Å². The lowest BCUT2D eigenvalue weighted by Gasteiger charge is -2.31. The molecular weight excluding hydrogens is 670 g/mol. The molecule has 7 rings (SSSR count). The van der Waals surface area contributed by atoms with E-state index in [2.05, 4.69) is 36.6 Å². The zero-order valence-electron chi connectivity index (χ0n) is 28.7. The van der Waals surface area contributed by atoms with Crippen LogP contribution in [0.25, 0.3) is 22.3 Å². The second-order valence-corrected chi connectivity index (χ2v) is 13.8. The third-order valence-electron chi connectivity index (χ3n) is 10.6. The highest BCUT2D eigenvalue weighted by atomic mass is 19.4. The summed E-state index contributed by atoms with van der Waals surface area (Å²) in [6.45, 7) is 7.61. The van der Waals surface area contributed by atoms with Crippen LogP contribution >= 0.6 is 0 Å². The molecule has 0 aromatic carbocycles. The number of pyridine rings is 2. The third-order valence-corrected chi connectivity index (χ3v) is 10.6. The molecule has 51 heavy (non-hydrogen) atoms. The fraction of sp³-hybridized carbons (Fsp3) is 0.571. The molecule has 0 radical (unpaired) electrons. The molecule has 4 aliphatic rings. The highest BCUT2D eigenvalue weighted by Crippen LogP contribution is 2.42. The summed E-state index contributed by atoms with van der Waals surface area (Å²) in [4.78, 5) is 38.2. The Morgan fingerprint density at radius 2 is 1.86 bits per heavy atom. The van der Waals surface area contributed by atoms with Crippen LogP contribution in [0, 0.1) is 24.6 Å². The number of carbonyl (C=O) groups is 1. The molecule has 4 aliphatic heterocycles. The number of nitrogen functional groups attached to an aromatic ring is 1. The Bertz CT molecular complexity index is 1870. The average Bonchev–Trinajstić information content (AvgIpc) is 3.84. The third kappa shape index (κ3) is 6.98. The van der Waals surface area contributed by atoms with Crippen molar-refractivity contribution in [2.24, 2.45) is 0 Å². The first-order valence-electron chi connectivity index (χ1n) is 17.3. The Kier molecular flexibility index (Phi) is 9.63. The SMILES string of the molecule is Cc1cc(N)nc(-c2ncc3c(N(C)C4CCN(C(=O)C#CCN5CCOCC5)C4)nc(OCC45CCCN4CCC5)nc3c2F)c1C(F)(F)F. The van der Waals surface area contributed by atoms with Gasteiger partial charge in [-0.05, 0) is 69.7 Å². The molecule has 16 heteroatoms. The maximum atomic E-state index is 16.6. The number of aromatic nitrogens is 4. The Morgan fingerprint density at radius 1 is 1.12 bits per heavy atom. The molecule has 272 valence electrons. The molecule has 2 N–H and O–H groups in total. The van der Waals surface area contributed by atoms with Crippen LogP contribution in [-0.4, -0.2) is 125 Å². The summed E-state index contributed by atoms with van der Waals surface area (Å²) in [6.07, 6.45) is 0.996. The van der Waals surface area contributed by atoms with Gasteiger partial charge in [-0.15, -0.1) is 0 Å². The summed E-state index contributed by atoms with van der Waals surface area (Å²) in [5, 5.41) is 0.178. The van der Waals surface area contributed by atoms with Crippen molar-refractivity contribution < 1.29 is 31.8 Å². The number of ether oxygens (including phenoxy) is 2. The van der Waals surface area contributed by atoms with Gasteiger partial charge in [-0.2, -0.15) is 23.1 Å². The number of anilines is 2. The normalized spacial score (nSPS) is 20.7. The van der Waals surface area contributed by atoms with Crippen molar-refractivity contribution >= 4 is 28.4 Å². The molecule has 3 aromatic rings. The van der Waals surface area contributed by atoms with E-state index in [1.165, 1.54) is 13.1 Å². The number of carbonyl (C=O) groups excluding carboxylic acids is 1. The monoisotopic (exact) mass is 711 g/mol. The van der Waals surface area contributed by atoms with Crippen molar-refractivity contribution in [2.75, 3.05) is 83.3 Å². The van der Waals surface area contributed by atoms with Crippen molar-refractivity contribution in [1.29, 1.82) is 0 Å². The zero-order chi connectivity index (χ0) is 35.9. The fourth-order valence-electron chi connectivity index (χ4n) is 7.89. The van der Waals surface area contributed by atoms with Gasteiger partial charge in [0.05, 0.1) is 36.2 Å². The van der Waals surface area contributed by atoms with Crippen LogP contribution in [0.4, 0.5) is 29.2 Å². The molecule has 3 aromatic heterocycles. The van der Waals surface area contributed by atoms with Gasteiger partial charge >= 0.3 is 12.2 Å².